The van der Waals surface area contributed by atoms with Gasteiger partial charge in [0.15, 0.2) is 5.96 Å². The third-order valence-corrected chi connectivity index (χ3v) is 7.21. The van der Waals surface area contributed by atoms with Crippen LogP contribution in [0.25, 0.3) is 11.1 Å². The summed E-state index contributed by atoms with van der Waals surface area (Å²) in [5, 5.41) is 9.32. The van der Waals surface area contributed by atoms with Crippen molar-refractivity contribution in [2.24, 2.45) is 27.6 Å². The number of nitrogens with zero attached hydrogens (tertiary/aromatic N) is 3. The molecule has 0 unspecified atom stereocenters. The molecule has 12 heteroatoms. The highest BCUT2D eigenvalue weighted by Crippen LogP contribution is 2.20. The highest BCUT2D eigenvalue weighted by Gasteiger charge is 2.28. The number of aromatic nitrogens is 2. The summed E-state index contributed by atoms with van der Waals surface area (Å²) in [5.41, 5.74) is 18.6. The molecule has 1 saturated heterocycles. The molecule has 1 fully saturated rings. The Kier molecular flexibility index (Phi) is 14.0. The first kappa shape index (κ1) is 37.7. The van der Waals surface area contributed by atoms with Crippen LogP contribution in [-0.2, 0) is 12.0 Å². The highest BCUT2D eigenvalue weighted by atomic mass is 16.2. The summed E-state index contributed by atoms with van der Waals surface area (Å²) in [6.45, 7) is 22.2. The Hall–Kier alpha value is -3.48. The van der Waals surface area contributed by atoms with Gasteiger partial charge in [0.25, 0.3) is 5.56 Å². The minimum atomic E-state index is -0.191. The zero-order valence-electron chi connectivity index (χ0n) is 28.7. The Morgan fingerprint density at radius 1 is 1.09 bits per heavy atom. The van der Waals surface area contributed by atoms with Crippen LogP contribution in [0.5, 0.6) is 0 Å². The molecule has 1 aliphatic heterocycles. The maximum Gasteiger partial charge on any atom is 0.315 e. The Balaban J connectivity index is 0.000000330. The van der Waals surface area contributed by atoms with Gasteiger partial charge in [-0.25, -0.2) is 9.78 Å². The first-order valence-electron chi connectivity index (χ1n) is 15.8. The maximum absolute atomic E-state index is 12.4. The average Bonchev–Trinajstić information content (AvgIpc) is 3.35. The fraction of sp³-hybridized carbons (Fsp3) is 0.636. The second-order valence-corrected chi connectivity index (χ2v) is 14.7. The molecule has 2 heterocycles. The molecule has 12 nitrogen and oxygen atoms in total. The summed E-state index contributed by atoms with van der Waals surface area (Å²) in [6, 6.07) is 8.08. The van der Waals surface area contributed by atoms with Crippen LogP contribution in [0.1, 0.15) is 79.6 Å². The lowest BCUT2D eigenvalue weighted by atomic mass is 9.93. The van der Waals surface area contributed by atoms with E-state index in [2.05, 4.69) is 49.7 Å². The smallest absolute Gasteiger partial charge is 0.315 e. The van der Waals surface area contributed by atoms with Gasteiger partial charge >= 0.3 is 6.03 Å². The first-order chi connectivity index (χ1) is 20.9. The Morgan fingerprint density at radius 3 is 2.31 bits per heavy atom. The molecule has 0 aliphatic carbocycles. The predicted octanol–water partition coefficient (Wildman–Crippen LogP) is 2.63. The van der Waals surface area contributed by atoms with E-state index in [4.69, 9.17) is 17.2 Å². The van der Waals surface area contributed by atoms with E-state index in [0.29, 0.717) is 24.5 Å². The van der Waals surface area contributed by atoms with Crippen LogP contribution in [-0.4, -0.2) is 77.7 Å². The van der Waals surface area contributed by atoms with Crippen LogP contribution < -0.4 is 38.7 Å². The molecular formula is C33H58N10O2. The van der Waals surface area contributed by atoms with Gasteiger partial charge in [0.1, 0.15) is 5.82 Å². The van der Waals surface area contributed by atoms with E-state index >= 15 is 0 Å². The predicted molar refractivity (Wildman–Crippen MR) is 185 cm³/mol. The van der Waals surface area contributed by atoms with Crippen molar-refractivity contribution in [3.05, 3.63) is 52.2 Å². The third kappa shape index (κ3) is 14.4. The molecule has 0 spiro atoms. The molecule has 0 radical (unpaired) electrons. The normalized spacial score (nSPS) is 15.6. The summed E-state index contributed by atoms with van der Waals surface area (Å²) < 4.78 is 0. The molecule has 0 bridgehead atoms. The summed E-state index contributed by atoms with van der Waals surface area (Å²) in [5.74, 6) is 0.813. The summed E-state index contributed by atoms with van der Waals surface area (Å²) in [4.78, 5) is 37.8. The van der Waals surface area contributed by atoms with Crippen LogP contribution in [0.15, 0.2) is 40.2 Å². The minimum Gasteiger partial charge on any atom is -0.370 e. The first-order valence-corrected chi connectivity index (χ1v) is 15.8. The van der Waals surface area contributed by atoms with E-state index in [9.17, 15) is 9.59 Å². The van der Waals surface area contributed by atoms with Crippen molar-refractivity contribution in [1.82, 2.24) is 30.8 Å². The fourth-order valence-corrected chi connectivity index (χ4v) is 4.75. The molecule has 0 saturated carbocycles. The van der Waals surface area contributed by atoms with Crippen LogP contribution in [0.3, 0.4) is 0 Å². The van der Waals surface area contributed by atoms with Crippen LogP contribution in [0.4, 0.5) is 4.79 Å². The average molecular weight is 627 g/mol. The van der Waals surface area contributed by atoms with Crippen molar-refractivity contribution in [3.8, 4) is 11.1 Å². The topological polar surface area (TPSA) is 193 Å². The molecule has 1 aliphatic rings. The van der Waals surface area contributed by atoms with Crippen molar-refractivity contribution in [1.29, 1.82) is 0 Å². The van der Waals surface area contributed by atoms with Gasteiger partial charge in [0.05, 0.1) is 5.56 Å². The van der Waals surface area contributed by atoms with Gasteiger partial charge in [0.2, 0.25) is 0 Å². The van der Waals surface area contributed by atoms with E-state index < -0.39 is 0 Å². The van der Waals surface area contributed by atoms with Crippen LogP contribution in [0.2, 0.25) is 0 Å². The Labute approximate surface area is 269 Å². The van der Waals surface area contributed by atoms with E-state index in [1.165, 1.54) is 0 Å². The quantitative estimate of drug-likeness (QED) is 0.112. The summed E-state index contributed by atoms with van der Waals surface area (Å²) in [7, 11) is 0. The Morgan fingerprint density at radius 2 is 1.76 bits per heavy atom. The number of guanidine groups is 1. The largest absolute Gasteiger partial charge is 0.370 e. The van der Waals surface area contributed by atoms with Gasteiger partial charge in [-0.15, -0.1) is 0 Å². The number of H-pyrrole nitrogens is 1. The molecule has 252 valence electrons. The molecule has 10 N–H and O–H groups in total. The van der Waals surface area contributed by atoms with E-state index in [0.717, 1.165) is 56.7 Å². The van der Waals surface area contributed by atoms with Crippen molar-refractivity contribution in [3.63, 3.8) is 0 Å². The number of aromatic amines is 1. The maximum atomic E-state index is 12.4. The minimum absolute atomic E-state index is 0.0718. The molecular weight excluding hydrogens is 568 g/mol. The number of aliphatic imine (C=N–C) groups is 1. The monoisotopic (exact) mass is 626 g/mol. The lowest BCUT2D eigenvalue weighted by molar-refractivity contribution is 0.208. The molecule has 1 aromatic carbocycles. The number of hydrogen-bond donors (Lipinski definition) is 7. The molecule has 2 aromatic rings. The summed E-state index contributed by atoms with van der Waals surface area (Å²) >= 11 is 0. The highest BCUT2D eigenvalue weighted by molar-refractivity contribution is 5.75. The second kappa shape index (κ2) is 16.7. The van der Waals surface area contributed by atoms with Crippen LogP contribution in [0, 0.1) is 5.41 Å². The van der Waals surface area contributed by atoms with Crippen molar-refractivity contribution >= 4 is 12.0 Å². The zero-order chi connectivity index (χ0) is 33.8. The number of hydrogen-bond acceptors (Lipinski definition) is 7. The number of amides is 2. The van der Waals surface area contributed by atoms with Crippen LogP contribution >= 0.6 is 0 Å². The number of nitrogens with two attached hydrogens (primary N) is 3. The number of carbonyl (C=O) groups excluding carboxylic acids is 1. The third-order valence-electron chi connectivity index (χ3n) is 7.21. The lowest BCUT2D eigenvalue weighted by Crippen LogP contribution is -2.50. The number of likely N-dealkylation sites (tertiary alicyclic amines) is 1. The van der Waals surface area contributed by atoms with Gasteiger partial charge in [-0.2, -0.15) is 0 Å². The van der Waals surface area contributed by atoms with Crippen molar-refractivity contribution in [2.75, 3.05) is 39.3 Å². The molecule has 45 heavy (non-hydrogen) atoms. The van der Waals surface area contributed by atoms with Gasteiger partial charge in [-0.1, -0.05) is 58.9 Å². The SMILES string of the molecule is CC(C)(C)c1ncc(-c2ccc(CNCCCN=C(N)N)cc2)c(=O)[nH]1.CC(C)(CN)CN1CC[C@@H](NC(=O)NC(C)(C)C)C1. The van der Waals surface area contributed by atoms with Gasteiger partial charge < -0.3 is 43.0 Å². The zero-order valence-corrected chi connectivity index (χ0v) is 28.7. The van der Waals surface area contributed by atoms with E-state index in [1.54, 1.807) is 6.20 Å². The summed E-state index contributed by atoms with van der Waals surface area (Å²) in [6.07, 6.45) is 3.53. The number of nitrogens with one attached hydrogen (secondary N) is 4. The Bertz CT molecular complexity index is 1290. The molecule has 2 amide bonds. The number of urea groups is 1. The lowest BCUT2D eigenvalue weighted by Gasteiger charge is -2.29. The van der Waals surface area contributed by atoms with E-state index in [1.807, 2.05) is 65.8 Å². The molecule has 1 atom stereocenters. The van der Waals surface area contributed by atoms with E-state index in [-0.39, 0.29) is 40.0 Å². The number of rotatable bonds is 11. The van der Waals surface area contributed by atoms with Crippen molar-refractivity contribution < 1.29 is 4.79 Å². The van der Waals surface area contributed by atoms with Crippen molar-refractivity contribution in [2.45, 2.75) is 91.8 Å². The molecule has 3 rings (SSSR count). The molecule has 1 aromatic heterocycles. The van der Waals surface area contributed by atoms with Gasteiger partial charge in [0, 0.05) is 55.9 Å². The van der Waals surface area contributed by atoms with Gasteiger partial charge in [-0.05, 0) is 63.2 Å². The van der Waals surface area contributed by atoms with Gasteiger partial charge in [-0.3, -0.25) is 9.79 Å². The second-order valence-electron chi connectivity index (χ2n) is 14.7. The fourth-order valence-electron chi connectivity index (χ4n) is 4.75. The number of carbonyl (C=O) groups is 1. The standard InChI is InChI=1S/C19H28N6O.C14H30N4O/c1-19(2,3)17-24-12-15(16(26)25-17)14-7-5-13(6-8-14)11-22-9-4-10-23-18(20)21;1-13(2,3)17-12(19)16-11-6-7-18(8-11)10-14(4,5)9-15/h5-8,12,22H,4,9-11H2,1-3H3,(H4,20,21,23)(H,24,25,26);11H,6-10,15H2,1-5H3,(H2,16,17,19)/t;11-/m.1/s1. The number of benzene rings is 1.